The van der Waals surface area contributed by atoms with E-state index in [1.807, 2.05) is 18.2 Å². The number of rotatable bonds is 8. The van der Waals surface area contributed by atoms with E-state index >= 15 is 0 Å². The van der Waals surface area contributed by atoms with Crippen molar-refractivity contribution in [3.8, 4) is 0 Å². The first-order chi connectivity index (χ1) is 14.7. The molecule has 0 saturated carbocycles. The van der Waals surface area contributed by atoms with Gasteiger partial charge in [-0.2, -0.15) is 0 Å². The van der Waals surface area contributed by atoms with Gasteiger partial charge in [-0.25, -0.2) is 9.78 Å². The summed E-state index contributed by atoms with van der Waals surface area (Å²) in [4.78, 5) is 15.4. The molecule has 5 heteroatoms. The molecule has 1 heterocycles. The molecule has 4 nitrogen and oxygen atoms in total. The van der Waals surface area contributed by atoms with Crippen LogP contribution in [0.2, 0.25) is 0 Å². The average molecular weight is 415 g/mol. The SMILES string of the molecule is O=C(O)c1nccn1CCSC(c1ccccc1)(c1ccccc1)c1ccccc1. The topological polar surface area (TPSA) is 55.1 Å². The zero-order chi connectivity index (χ0) is 20.8. The fourth-order valence-corrected chi connectivity index (χ4v) is 5.26. The summed E-state index contributed by atoms with van der Waals surface area (Å²) in [5.74, 6) is -0.222. The lowest BCUT2D eigenvalue weighted by Gasteiger charge is -2.35. The monoisotopic (exact) mass is 414 g/mol. The molecule has 0 aliphatic rings. The van der Waals surface area contributed by atoms with E-state index in [-0.39, 0.29) is 5.82 Å². The van der Waals surface area contributed by atoms with Crippen LogP contribution < -0.4 is 0 Å². The molecule has 4 rings (SSSR count). The second kappa shape index (κ2) is 9.01. The minimum absolute atomic E-state index is 0.0698. The van der Waals surface area contributed by atoms with E-state index in [1.54, 1.807) is 22.5 Å². The maximum Gasteiger partial charge on any atom is 0.372 e. The van der Waals surface area contributed by atoms with Gasteiger partial charge in [0.05, 0.1) is 4.75 Å². The summed E-state index contributed by atoms with van der Waals surface area (Å²) in [6.45, 7) is 0.556. The zero-order valence-corrected chi connectivity index (χ0v) is 17.2. The highest BCUT2D eigenvalue weighted by molar-refractivity contribution is 8.00. The van der Waals surface area contributed by atoms with Gasteiger partial charge in [-0.3, -0.25) is 0 Å². The van der Waals surface area contributed by atoms with Crippen molar-refractivity contribution in [2.24, 2.45) is 0 Å². The molecule has 0 fully saturated rings. The molecule has 0 amide bonds. The summed E-state index contributed by atoms with van der Waals surface area (Å²) in [6, 6.07) is 31.4. The van der Waals surface area contributed by atoms with Crippen molar-refractivity contribution < 1.29 is 9.90 Å². The molecule has 3 aromatic carbocycles. The summed E-state index contributed by atoms with van der Waals surface area (Å²) >= 11 is 1.81. The zero-order valence-electron chi connectivity index (χ0n) is 16.4. The Morgan fingerprint density at radius 3 is 1.73 bits per heavy atom. The highest BCUT2D eigenvalue weighted by Crippen LogP contribution is 2.48. The number of aromatic nitrogens is 2. The first-order valence-corrected chi connectivity index (χ1v) is 10.8. The van der Waals surface area contributed by atoms with E-state index in [1.165, 1.54) is 22.9 Å². The smallest absolute Gasteiger partial charge is 0.372 e. The maximum absolute atomic E-state index is 11.4. The normalized spacial score (nSPS) is 11.3. The van der Waals surface area contributed by atoms with Crippen molar-refractivity contribution in [2.75, 3.05) is 5.75 Å². The molecule has 0 aliphatic heterocycles. The van der Waals surface area contributed by atoms with Crippen LogP contribution in [0.5, 0.6) is 0 Å². The van der Waals surface area contributed by atoms with Crippen molar-refractivity contribution in [1.29, 1.82) is 0 Å². The summed E-state index contributed by atoms with van der Waals surface area (Å²) in [6.07, 6.45) is 3.26. The molecule has 1 N–H and O–H groups in total. The predicted molar refractivity (Wildman–Crippen MR) is 121 cm³/mol. The average Bonchev–Trinajstić information content (AvgIpc) is 3.28. The predicted octanol–water partition coefficient (Wildman–Crippen LogP) is 5.31. The maximum atomic E-state index is 11.4. The number of aromatic carboxylic acids is 1. The molecule has 4 aromatic rings. The van der Waals surface area contributed by atoms with E-state index in [4.69, 9.17) is 0 Å². The number of thioether (sulfide) groups is 1. The number of benzene rings is 3. The summed E-state index contributed by atoms with van der Waals surface area (Å²) in [5, 5.41) is 9.36. The van der Waals surface area contributed by atoms with Crippen LogP contribution in [0.4, 0.5) is 0 Å². The Kier molecular flexibility index (Phi) is 6.00. The van der Waals surface area contributed by atoms with Crippen LogP contribution in [-0.2, 0) is 11.3 Å². The van der Waals surface area contributed by atoms with Crippen LogP contribution in [0, 0.1) is 0 Å². The number of carbonyl (C=O) groups is 1. The third-order valence-corrected chi connectivity index (χ3v) is 6.63. The summed E-state index contributed by atoms with van der Waals surface area (Å²) < 4.78 is 1.29. The lowest BCUT2D eigenvalue weighted by Crippen LogP contribution is -2.27. The fourth-order valence-electron chi connectivity index (χ4n) is 3.75. The molecule has 0 radical (unpaired) electrons. The standard InChI is InChI=1S/C25H22N2O2S/c28-24(29)23-26-16-17-27(23)18-19-30-25(20-10-4-1-5-11-20,21-12-6-2-7-13-21)22-14-8-3-9-15-22/h1-17H,18-19H2,(H,28,29). The number of carboxylic acid groups (broad SMARTS) is 1. The number of aryl methyl sites for hydroxylation is 1. The van der Waals surface area contributed by atoms with Gasteiger partial charge in [-0.15, -0.1) is 11.8 Å². The van der Waals surface area contributed by atoms with Crippen LogP contribution >= 0.6 is 11.8 Å². The number of carboxylic acids is 1. The van der Waals surface area contributed by atoms with E-state index in [0.717, 1.165) is 5.75 Å². The van der Waals surface area contributed by atoms with Crippen LogP contribution in [0.1, 0.15) is 27.3 Å². The van der Waals surface area contributed by atoms with E-state index < -0.39 is 10.7 Å². The van der Waals surface area contributed by atoms with E-state index in [2.05, 4.69) is 77.8 Å². The van der Waals surface area contributed by atoms with Crippen LogP contribution in [-0.4, -0.2) is 26.4 Å². The number of hydrogen-bond acceptors (Lipinski definition) is 3. The Hall–Kier alpha value is -3.31. The van der Waals surface area contributed by atoms with Crippen molar-refractivity contribution in [3.05, 3.63) is 126 Å². The third kappa shape index (κ3) is 3.89. The quantitative estimate of drug-likeness (QED) is 0.397. The van der Waals surface area contributed by atoms with Gasteiger partial charge < -0.3 is 9.67 Å². The Morgan fingerprint density at radius 1 is 0.833 bits per heavy atom. The van der Waals surface area contributed by atoms with Gasteiger partial charge in [0.1, 0.15) is 0 Å². The van der Waals surface area contributed by atoms with Gasteiger partial charge >= 0.3 is 5.97 Å². The molecule has 30 heavy (non-hydrogen) atoms. The highest BCUT2D eigenvalue weighted by atomic mass is 32.2. The summed E-state index contributed by atoms with van der Waals surface area (Å²) in [7, 11) is 0. The van der Waals surface area contributed by atoms with E-state index in [0.29, 0.717) is 6.54 Å². The molecule has 0 aliphatic carbocycles. The van der Waals surface area contributed by atoms with Crippen molar-refractivity contribution in [3.63, 3.8) is 0 Å². The number of nitrogens with zero attached hydrogens (tertiary/aromatic N) is 2. The van der Waals surface area contributed by atoms with Gasteiger partial charge in [0.15, 0.2) is 0 Å². The first kappa shape index (κ1) is 20.0. The second-order valence-corrected chi connectivity index (χ2v) is 8.19. The van der Waals surface area contributed by atoms with Crippen LogP contribution in [0.25, 0.3) is 0 Å². The Bertz CT molecular complexity index is 999. The second-order valence-electron chi connectivity index (χ2n) is 6.88. The lowest BCUT2D eigenvalue weighted by molar-refractivity contribution is 0.0678. The Labute approximate surface area is 180 Å². The highest BCUT2D eigenvalue weighted by Gasteiger charge is 2.36. The lowest BCUT2D eigenvalue weighted by atomic mass is 9.84. The first-order valence-electron chi connectivity index (χ1n) is 9.77. The van der Waals surface area contributed by atoms with Crippen molar-refractivity contribution in [2.45, 2.75) is 11.3 Å². The number of hydrogen-bond donors (Lipinski definition) is 1. The molecule has 0 saturated heterocycles. The third-order valence-electron chi connectivity index (χ3n) is 5.10. The molecule has 0 atom stereocenters. The minimum atomic E-state index is -1.01. The van der Waals surface area contributed by atoms with Gasteiger partial charge in [-0.1, -0.05) is 91.0 Å². The molecule has 0 bridgehead atoms. The molecule has 1 aromatic heterocycles. The largest absolute Gasteiger partial charge is 0.475 e. The fraction of sp³-hybridized carbons (Fsp3) is 0.120. The molecular weight excluding hydrogens is 392 g/mol. The van der Waals surface area contributed by atoms with Crippen molar-refractivity contribution in [1.82, 2.24) is 9.55 Å². The van der Waals surface area contributed by atoms with Gasteiger partial charge in [-0.05, 0) is 16.7 Å². The van der Waals surface area contributed by atoms with Crippen LogP contribution in [0.3, 0.4) is 0 Å². The van der Waals surface area contributed by atoms with Crippen LogP contribution in [0.15, 0.2) is 103 Å². The number of imidazole rings is 1. The molecular formula is C25H22N2O2S. The van der Waals surface area contributed by atoms with Gasteiger partial charge in [0, 0.05) is 24.7 Å². The molecule has 0 spiro atoms. The summed E-state index contributed by atoms with van der Waals surface area (Å²) in [5.41, 5.74) is 3.57. The van der Waals surface area contributed by atoms with Gasteiger partial charge in [0.2, 0.25) is 5.82 Å². The van der Waals surface area contributed by atoms with Crippen molar-refractivity contribution >= 4 is 17.7 Å². The van der Waals surface area contributed by atoms with E-state index in [9.17, 15) is 9.90 Å². The Balaban J connectivity index is 1.77. The molecule has 0 unspecified atom stereocenters. The Morgan fingerprint density at radius 2 is 1.30 bits per heavy atom. The molecule has 150 valence electrons. The van der Waals surface area contributed by atoms with Gasteiger partial charge in [0.25, 0.3) is 0 Å². The minimum Gasteiger partial charge on any atom is -0.475 e.